The molecule has 0 aromatic heterocycles. The monoisotopic (exact) mass is 315 g/mol. The zero-order valence-corrected chi connectivity index (χ0v) is 12.5. The molecule has 0 aliphatic carbocycles. The summed E-state index contributed by atoms with van der Waals surface area (Å²) in [6.07, 6.45) is 1.23. The minimum absolute atomic E-state index is 0.280. The molecule has 1 amide bonds. The number of carbonyl (C=O) groups excluding carboxylic acids is 1. The van der Waals surface area contributed by atoms with Crippen LogP contribution in [0.3, 0.4) is 0 Å². The molecule has 0 bridgehead atoms. The van der Waals surface area contributed by atoms with Crippen molar-refractivity contribution < 1.29 is 17.6 Å². The Morgan fingerprint density at radius 3 is 2.43 bits per heavy atom. The molecule has 0 saturated carbocycles. The molecule has 0 unspecified atom stereocenters. The molecule has 0 atom stereocenters. The molecular weight excluding hydrogens is 297 g/mol. The third-order valence-electron chi connectivity index (χ3n) is 3.49. The van der Waals surface area contributed by atoms with Gasteiger partial charge in [0.1, 0.15) is 5.82 Å². The Hall–Kier alpha value is -1.67. The molecule has 1 aromatic rings. The number of hydrogen-bond donors (Lipinski definition) is 2. The van der Waals surface area contributed by atoms with Crippen molar-refractivity contribution >= 4 is 21.8 Å². The van der Waals surface area contributed by atoms with E-state index in [1.807, 2.05) is 0 Å². The van der Waals surface area contributed by atoms with Gasteiger partial charge >= 0.3 is 10.2 Å². The molecule has 6 nitrogen and oxygen atoms in total. The van der Waals surface area contributed by atoms with Crippen molar-refractivity contribution in [2.45, 2.75) is 12.8 Å². The highest BCUT2D eigenvalue weighted by atomic mass is 32.2. The van der Waals surface area contributed by atoms with Crippen LogP contribution in [0.1, 0.15) is 12.8 Å². The van der Waals surface area contributed by atoms with Crippen molar-refractivity contribution in [2.75, 3.05) is 24.4 Å². The topological polar surface area (TPSA) is 78.5 Å². The fourth-order valence-corrected chi connectivity index (χ4v) is 3.11. The van der Waals surface area contributed by atoms with Crippen LogP contribution in [0.4, 0.5) is 10.1 Å². The molecule has 2 rings (SSSR count). The SMILES string of the molecule is CN(c1ccc(F)cc1)S(=O)(=O)NC(=O)C1CCNCC1. The number of anilines is 1. The molecule has 1 saturated heterocycles. The number of carbonyl (C=O) groups is 1. The lowest BCUT2D eigenvalue weighted by Gasteiger charge is -2.24. The van der Waals surface area contributed by atoms with Crippen molar-refractivity contribution in [1.82, 2.24) is 10.0 Å². The lowest BCUT2D eigenvalue weighted by atomic mass is 9.98. The highest BCUT2D eigenvalue weighted by Crippen LogP contribution is 2.17. The molecule has 21 heavy (non-hydrogen) atoms. The van der Waals surface area contributed by atoms with Gasteiger partial charge in [-0.2, -0.15) is 8.42 Å². The third-order valence-corrected chi connectivity index (χ3v) is 4.88. The fourth-order valence-electron chi connectivity index (χ4n) is 2.15. The molecule has 1 aliphatic heterocycles. The summed E-state index contributed by atoms with van der Waals surface area (Å²) >= 11 is 0. The van der Waals surface area contributed by atoms with Crippen LogP contribution in [-0.4, -0.2) is 34.5 Å². The van der Waals surface area contributed by atoms with E-state index in [4.69, 9.17) is 0 Å². The maximum Gasteiger partial charge on any atom is 0.325 e. The van der Waals surface area contributed by atoms with E-state index in [9.17, 15) is 17.6 Å². The predicted molar refractivity (Wildman–Crippen MR) is 77.5 cm³/mol. The molecule has 1 fully saturated rings. The molecule has 8 heteroatoms. The lowest BCUT2D eigenvalue weighted by molar-refractivity contribution is -0.123. The van der Waals surface area contributed by atoms with Crippen LogP contribution < -0.4 is 14.3 Å². The second kappa shape index (κ2) is 6.40. The Balaban J connectivity index is 2.06. The fraction of sp³-hybridized carbons (Fsp3) is 0.462. The van der Waals surface area contributed by atoms with Crippen molar-refractivity contribution in [1.29, 1.82) is 0 Å². The summed E-state index contributed by atoms with van der Waals surface area (Å²) in [7, 11) is -2.67. The van der Waals surface area contributed by atoms with Crippen LogP contribution in [0.15, 0.2) is 24.3 Å². The van der Waals surface area contributed by atoms with Gasteiger partial charge in [-0.15, -0.1) is 0 Å². The number of benzene rings is 1. The van der Waals surface area contributed by atoms with Gasteiger partial charge in [0.05, 0.1) is 5.69 Å². The summed E-state index contributed by atoms with van der Waals surface area (Å²) in [5.41, 5.74) is 0.280. The number of nitrogens with zero attached hydrogens (tertiary/aromatic N) is 1. The first-order chi connectivity index (χ1) is 9.90. The molecule has 0 radical (unpaired) electrons. The lowest BCUT2D eigenvalue weighted by Crippen LogP contribution is -2.46. The Kier molecular flexibility index (Phi) is 4.79. The van der Waals surface area contributed by atoms with Gasteiger partial charge < -0.3 is 5.32 Å². The number of piperidine rings is 1. The largest absolute Gasteiger partial charge is 0.325 e. The Bertz CT molecular complexity index is 598. The number of rotatable bonds is 4. The van der Waals surface area contributed by atoms with Gasteiger partial charge in [0, 0.05) is 13.0 Å². The first-order valence-corrected chi connectivity index (χ1v) is 8.11. The van der Waals surface area contributed by atoms with Crippen LogP contribution >= 0.6 is 0 Å². The second-order valence-electron chi connectivity index (χ2n) is 4.94. The van der Waals surface area contributed by atoms with Gasteiger partial charge in [0.15, 0.2) is 0 Å². The summed E-state index contributed by atoms with van der Waals surface area (Å²) in [5.74, 6) is -1.25. The third kappa shape index (κ3) is 3.92. The number of hydrogen-bond acceptors (Lipinski definition) is 4. The summed E-state index contributed by atoms with van der Waals surface area (Å²) in [4.78, 5) is 12.0. The highest BCUT2D eigenvalue weighted by molar-refractivity contribution is 7.91. The van der Waals surface area contributed by atoms with Gasteiger partial charge in [-0.25, -0.2) is 9.11 Å². The maximum atomic E-state index is 12.9. The molecule has 1 heterocycles. The average molecular weight is 315 g/mol. The first kappa shape index (κ1) is 15.7. The Morgan fingerprint density at radius 1 is 1.29 bits per heavy atom. The minimum Gasteiger partial charge on any atom is -0.317 e. The highest BCUT2D eigenvalue weighted by Gasteiger charge is 2.27. The molecular formula is C13H18FN3O3S. The molecule has 1 aliphatic rings. The second-order valence-corrected chi connectivity index (χ2v) is 6.64. The minimum atomic E-state index is -3.98. The van der Waals surface area contributed by atoms with E-state index in [1.54, 1.807) is 0 Å². The summed E-state index contributed by atoms with van der Waals surface area (Å²) in [6.45, 7) is 1.40. The molecule has 1 aromatic carbocycles. The summed E-state index contributed by atoms with van der Waals surface area (Å²) in [5, 5.41) is 3.11. The van der Waals surface area contributed by atoms with Gasteiger partial charge in [-0.05, 0) is 50.2 Å². The van der Waals surface area contributed by atoms with E-state index in [1.165, 1.54) is 19.2 Å². The molecule has 116 valence electrons. The Morgan fingerprint density at radius 2 is 1.86 bits per heavy atom. The van der Waals surface area contributed by atoms with Gasteiger partial charge in [0.25, 0.3) is 0 Å². The summed E-state index contributed by atoms with van der Waals surface area (Å²) < 4.78 is 40.2. The van der Waals surface area contributed by atoms with E-state index >= 15 is 0 Å². The van der Waals surface area contributed by atoms with E-state index < -0.39 is 21.9 Å². The molecule has 2 N–H and O–H groups in total. The van der Waals surface area contributed by atoms with E-state index in [0.717, 1.165) is 16.4 Å². The number of amides is 1. The summed E-state index contributed by atoms with van der Waals surface area (Å²) in [6, 6.07) is 5.00. The van der Waals surface area contributed by atoms with Crippen LogP contribution in [0.5, 0.6) is 0 Å². The van der Waals surface area contributed by atoms with Crippen molar-refractivity contribution in [3.8, 4) is 0 Å². The van der Waals surface area contributed by atoms with Gasteiger partial charge in [-0.1, -0.05) is 0 Å². The van der Waals surface area contributed by atoms with Crippen molar-refractivity contribution in [3.05, 3.63) is 30.1 Å². The molecule has 0 spiro atoms. The smallest absolute Gasteiger partial charge is 0.317 e. The van der Waals surface area contributed by atoms with E-state index in [-0.39, 0.29) is 11.6 Å². The number of nitrogens with one attached hydrogen (secondary N) is 2. The average Bonchev–Trinajstić information content (AvgIpc) is 2.48. The van der Waals surface area contributed by atoms with Crippen LogP contribution in [0.2, 0.25) is 0 Å². The van der Waals surface area contributed by atoms with E-state index in [0.29, 0.717) is 25.9 Å². The Labute approximate surface area is 123 Å². The van der Waals surface area contributed by atoms with Crippen molar-refractivity contribution in [2.24, 2.45) is 5.92 Å². The van der Waals surface area contributed by atoms with Gasteiger partial charge in [-0.3, -0.25) is 9.10 Å². The van der Waals surface area contributed by atoms with Crippen LogP contribution in [-0.2, 0) is 15.0 Å². The zero-order valence-electron chi connectivity index (χ0n) is 11.7. The normalized spacial score (nSPS) is 16.5. The van der Waals surface area contributed by atoms with E-state index in [2.05, 4.69) is 10.0 Å². The standard InChI is InChI=1S/C13H18FN3O3S/c1-17(12-4-2-11(14)3-5-12)21(19,20)16-13(18)10-6-8-15-9-7-10/h2-5,10,15H,6-9H2,1H3,(H,16,18). The quantitative estimate of drug-likeness (QED) is 0.854. The van der Waals surface area contributed by atoms with Crippen molar-refractivity contribution in [3.63, 3.8) is 0 Å². The predicted octanol–water partition coefficient (Wildman–Crippen LogP) is 0.623. The number of halogens is 1. The zero-order chi connectivity index (χ0) is 15.5. The van der Waals surface area contributed by atoms with Crippen LogP contribution in [0, 0.1) is 11.7 Å². The van der Waals surface area contributed by atoms with Crippen LogP contribution in [0.25, 0.3) is 0 Å². The van der Waals surface area contributed by atoms with Gasteiger partial charge in [0.2, 0.25) is 5.91 Å². The first-order valence-electron chi connectivity index (χ1n) is 6.67. The maximum absolute atomic E-state index is 12.9.